The van der Waals surface area contributed by atoms with Gasteiger partial charge in [0.15, 0.2) is 0 Å². The minimum Gasteiger partial charge on any atom is -0.472 e. The van der Waals surface area contributed by atoms with Gasteiger partial charge in [-0.2, -0.15) is 11.3 Å². The van der Waals surface area contributed by atoms with Crippen LogP contribution in [0, 0.1) is 0 Å². The molecular weight excluding hydrogens is 1570 g/mol. The number of fused-ring (bicyclic) bond motifs is 12. The van der Waals surface area contributed by atoms with Crippen molar-refractivity contribution in [2.75, 3.05) is 0 Å². The van der Waals surface area contributed by atoms with Gasteiger partial charge in [0.25, 0.3) is 0 Å². The predicted molar refractivity (Wildman–Crippen MR) is 564 cm³/mol. The van der Waals surface area contributed by atoms with Crippen molar-refractivity contribution in [3.8, 4) is 39.1 Å². The van der Waals surface area contributed by atoms with Crippen LogP contribution in [0.2, 0.25) is 0 Å². The Balaban J connectivity index is 0.000000232. The zero-order valence-corrected chi connectivity index (χ0v) is 75.2. The summed E-state index contributed by atoms with van der Waals surface area (Å²) in [6.07, 6.45) is 5.21. The lowest BCUT2D eigenvalue weighted by Crippen LogP contribution is -2.15. The van der Waals surface area contributed by atoms with Gasteiger partial charge in [-0.3, -0.25) is 0 Å². The number of para-hydroxylation sites is 5. The van der Waals surface area contributed by atoms with Gasteiger partial charge in [-0.15, -0.1) is 11.3 Å². The zero-order valence-electron chi connectivity index (χ0n) is 73.6. The Labute approximate surface area is 765 Å². The Morgan fingerprint density at radius 1 is 0.270 bits per heavy atom. The molecule has 0 spiro atoms. The summed E-state index contributed by atoms with van der Waals surface area (Å²) < 4.78 is 27.9. The highest BCUT2D eigenvalue weighted by Gasteiger charge is 2.27. The van der Waals surface area contributed by atoms with E-state index in [0.29, 0.717) is 5.41 Å². The van der Waals surface area contributed by atoms with Crippen LogP contribution in [0.25, 0.3) is 125 Å². The van der Waals surface area contributed by atoms with E-state index in [1.165, 1.54) is 130 Å². The van der Waals surface area contributed by atoms with E-state index in [0.717, 1.165) is 33.7 Å². The van der Waals surface area contributed by atoms with Gasteiger partial charge < -0.3 is 22.2 Å². The molecular formula is C119H145NO4S2. The molecule has 662 valence electrons. The van der Waals surface area contributed by atoms with Crippen LogP contribution in [0.5, 0.6) is 0 Å². The SMILES string of the molecule is C.C.C.C.C.C.C.CC(C)(C)c1cccc2c1oc1c(-c3ccccc3)cccc12.CC(C)(C)c1cccc2c1sc1c(-c3ccccc3)cccc12.CC(C)(C)c1cccc2oc3cccc(-c4ccccc4)c3c12.CC(C)(C)c1ccccc1-n1c2ccccc2c2ccccc21.CC(C)(C)c1ccco1.CC(C)(C)c1ccoc1.CC(C)(C)c1ccsc1. The van der Waals surface area contributed by atoms with Gasteiger partial charge in [0.05, 0.1) is 29.8 Å². The second-order valence-electron chi connectivity index (χ2n) is 38.1. The summed E-state index contributed by atoms with van der Waals surface area (Å²) in [7, 11) is 0. The van der Waals surface area contributed by atoms with Crippen molar-refractivity contribution in [2.24, 2.45) is 0 Å². The molecule has 0 unspecified atom stereocenters. The van der Waals surface area contributed by atoms with E-state index in [1.807, 2.05) is 35.6 Å². The fraction of sp³-hybridized carbons (Fsp3) is 0.294. The molecule has 0 atom stereocenters. The Kier molecular flexibility index (Phi) is 35.0. The first-order valence-corrected chi connectivity index (χ1v) is 43.5. The minimum absolute atomic E-state index is 0. The number of benzene rings is 12. The van der Waals surface area contributed by atoms with Gasteiger partial charge in [0.1, 0.15) is 28.1 Å². The number of hydrogen-bond acceptors (Lipinski definition) is 6. The average molecular weight is 1720 g/mol. The first-order valence-electron chi connectivity index (χ1n) is 41.7. The van der Waals surface area contributed by atoms with Crippen molar-refractivity contribution in [3.05, 3.63) is 366 Å². The van der Waals surface area contributed by atoms with Gasteiger partial charge in [0.2, 0.25) is 0 Å². The molecule has 7 heteroatoms. The molecule has 12 aromatic carbocycles. The van der Waals surface area contributed by atoms with Crippen molar-refractivity contribution in [3.63, 3.8) is 0 Å². The van der Waals surface area contributed by atoms with Crippen LogP contribution in [0.3, 0.4) is 0 Å². The quantitative estimate of drug-likeness (QED) is 0.176. The van der Waals surface area contributed by atoms with E-state index in [2.05, 4.69) is 434 Å². The standard InChI is InChI=1S/C22H21N.2C22H20O.C22H20S.2C8H12O.C8H12S.7CH4/c1-22(2,3)18-12-6-9-15-21(18)23-19-13-7-4-10-16(19)17-11-5-8-14-20(17)23;1-22(2,3)17-12-8-14-19-21(17)20-16(11-7-13-18(20)23-19)15-9-5-4-6-10-15;2*1-22(2,3)19-14-8-13-18-17-12-7-11-16(20(17)23-21(18)19)15-9-5-4-6-10-15;1-8(2,3)7-4-5-9-6-7;1-8(2,3)7-5-4-6-9-7;1-8(2,3)7-4-5-9-6-7;;;;;;;/h4-15H,1-3H3;3*4-14H,1-3H3;3*4-6H,1-3H3;7*1H4. The van der Waals surface area contributed by atoms with E-state index in [-0.39, 0.29) is 84.5 Å². The maximum absolute atomic E-state index is 6.40. The molecule has 0 saturated heterocycles. The molecule has 0 bridgehead atoms. The van der Waals surface area contributed by atoms with Crippen molar-refractivity contribution in [1.82, 2.24) is 4.57 Å². The van der Waals surface area contributed by atoms with Crippen LogP contribution in [0.15, 0.2) is 344 Å². The first kappa shape index (κ1) is 103. The van der Waals surface area contributed by atoms with Gasteiger partial charge in [-0.25, -0.2) is 0 Å². The summed E-state index contributed by atoms with van der Waals surface area (Å²) in [5.74, 6) is 1.04. The maximum atomic E-state index is 6.40. The lowest BCUT2D eigenvalue weighted by atomic mass is 9.83. The molecule has 0 fully saturated rings. The van der Waals surface area contributed by atoms with Gasteiger partial charge in [-0.05, 0) is 153 Å². The smallest absolute Gasteiger partial charge is 0.143 e. The Bertz CT molecular complexity index is 6210. The molecule has 19 aromatic rings. The lowest BCUT2D eigenvalue weighted by molar-refractivity contribution is 0.409. The third kappa shape index (κ3) is 23.4. The monoisotopic (exact) mass is 1720 g/mol. The molecule has 0 amide bonds. The highest BCUT2D eigenvalue weighted by molar-refractivity contribution is 7.26. The van der Waals surface area contributed by atoms with Crippen LogP contribution >= 0.6 is 22.7 Å². The van der Waals surface area contributed by atoms with E-state index in [4.69, 9.17) is 17.7 Å². The largest absolute Gasteiger partial charge is 0.472 e. The number of rotatable bonds is 4. The molecule has 0 aliphatic heterocycles. The minimum atomic E-state index is 0. The highest BCUT2D eigenvalue weighted by Crippen LogP contribution is 2.47. The van der Waals surface area contributed by atoms with E-state index in [9.17, 15) is 0 Å². The molecule has 0 saturated carbocycles. The van der Waals surface area contributed by atoms with Crippen LogP contribution in [-0.4, -0.2) is 4.57 Å². The molecule has 0 N–H and O–H groups in total. The lowest BCUT2D eigenvalue weighted by Gasteiger charge is -2.24. The molecule has 0 aliphatic rings. The Hall–Kier alpha value is -11.5. The molecule has 7 aromatic heterocycles. The van der Waals surface area contributed by atoms with Crippen molar-refractivity contribution >= 4 is 109 Å². The summed E-state index contributed by atoms with van der Waals surface area (Å²) in [6, 6.07) is 105. The number of hydrogen-bond donors (Lipinski definition) is 0. The third-order valence-electron chi connectivity index (χ3n) is 21.8. The average Bonchev–Trinajstić information content (AvgIpc) is 1.58. The second kappa shape index (κ2) is 42.7. The van der Waals surface area contributed by atoms with Crippen molar-refractivity contribution in [1.29, 1.82) is 0 Å². The molecule has 0 aliphatic carbocycles. The fourth-order valence-corrected chi connectivity index (χ4v) is 17.9. The summed E-state index contributed by atoms with van der Waals surface area (Å²) in [5.41, 5.74) is 24.3. The van der Waals surface area contributed by atoms with Crippen molar-refractivity contribution in [2.45, 2.75) is 235 Å². The molecule has 126 heavy (non-hydrogen) atoms. The number of aromatic nitrogens is 1. The summed E-state index contributed by atoms with van der Waals surface area (Å²) in [4.78, 5) is 0. The number of furan rings is 4. The predicted octanol–water partition coefficient (Wildman–Crippen LogP) is 38.9. The van der Waals surface area contributed by atoms with Gasteiger partial charge in [-0.1, -0.05) is 440 Å². The second-order valence-corrected chi connectivity index (χ2v) is 39.9. The Morgan fingerprint density at radius 2 is 0.683 bits per heavy atom. The molecule has 0 radical (unpaired) electrons. The highest BCUT2D eigenvalue weighted by atomic mass is 32.1. The van der Waals surface area contributed by atoms with Crippen LogP contribution in [-0.2, 0) is 37.9 Å². The first-order chi connectivity index (χ1) is 56.6. The normalized spacial score (nSPS) is 11.4. The maximum Gasteiger partial charge on any atom is 0.143 e. The number of thiophene rings is 2. The van der Waals surface area contributed by atoms with E-state index < -0.39 is 0 Å². The topological polar surface area (TPSA) is 57.5 Å². The molecule has 19 rings (SSSR count). The Morgan fingerprint density at radius 3 is 1.15 bits per heavy atom. The van der Waals surface area contributed by atoms with E-state index in [1.54, 1.807) is 30.1 Å². The van der Waals surface area contributed by atoms with Gasteiger partial charge >= 0.3 is 0 Å². The van der Waals surface area contributed by atoms with Crippen molar-refractivity contribution < 1.29 is 17.7 Å². The number of nitrogens with zero attached hydrogens (tertiary/aromatic N) is 1. The third-order valence-corrected chi connectivity index (χ3v) is 23.8. The summed E-state index contributed by atoms with van der Waals surface area (Å²) >= 11 is 3.70. The zero-order chi connectivity index (χ0) is 84.8. The van der Waals surface area contributed by atoms with Gasteiger partial charge in [0, 0.05) is 74.7 Å². The summed E-state index contributed by atoms with van der Waals surface area (Å²) in [6.45, 7) is 46.8. The van der Waals surface area contributed by atoms with Crippen LogP contribution in [0.4, 0.5) is 0 Å². The van der Waals surface area contributed by atoms with Crippen LogP contribution in [0.1, 0.15) is 237 Å². The molecule has 5 nitrogen and oxygen atoms in total. The summed E-state index contributed by atoms with van der Waals surface area (Å²) in [5, 5.41) is 14.6. The van der Waals surface area contributed by atoms with Crippen LogP contribution < -0.4 is 0 Å². The van der Waals surface area contributed by atoms with E-state index >= 15 is 0 Å². The fourth-order valence-electron chi connectivity index (χ4n) is 15.4. The molecule has 7 heterocycles.